The van der Waals surface area contributed by atoms with E-state index < -0.39 is 0 Å². The van der Waals surface area contributed by atoms with Crippen LogP contribution in [0.1, 0.15) is 37.3 Å². The van der Waals surface area contributed by atoms with Gasteiger partial charge in [0, 0.05) is 37.5 Å². The van der Waals surface area contributed by atoms with E-state index in [1.807, 2.05) is 17.9 Å². The van der Waals surface area contributed by atoms with Crippen LogP contribution in [0.25, 0.3) is 11.1 Å². The maximum atomic E-state index is 13.4. The van der Waals surface area contributed by atoms with Gasteiger partial charge in [0.15, 0.2) is 5.58 Å². The van der Waals surface area contributed by atoms with Gasteiger partial charge in [0.1, 0.15) is 11.3 Å². The fourth-order valence-electron chi connectivity index (χ4n) is 4.49. The fourth-order valence-corrected chi connectivity index (χ4v) is 4.49. The number of aryl methyl sites for hydroxylation is 1. The average molecular weight is 385 g/mol. The summed E-state index contributed by atoms with van der Waals surface area (Å²) in [6.45, 7) is 5.96. The lowest BCUT2D eigenvalue weighted by molar-refractivity contribution is 0.0732. The number of oxazole rings is 1. The summed E-state index contributed by atoms with van der Waals surface area (Å²) >= 11 is 0. The molecule has 1 aromatic carbocycles. The average Bonchev–Trinajstić information content (AvgIpc) is 3.26. The van der Waals surface area contributed by atoms with E-state index in [0.717, 1.165) is 19.6 Å². The maximum Gasteiger partial charge on any atom is 0.209 e. The second-order valence-corrected chi connectivity index (χ2v) is 7.84. The molecule has 0 radical (unpaired) electrons. The van der Waals surface area contributed by atoms with E-state index in [-0.39, 0.29) is 5.82 Å². The molecule has 3 heterocycles. The predicted molar refractivity (Wildman–Crippen MR) is 106 cm³/mol. The number of hydrogen-bond donors (Lipinski definition) is 0. The third-order valence-corrected chi connectivity index (χ3v) is 5.68. The zero-order valence-corrected chi connectivity index (χ0v) is 16.8. The van der Waals surface area contributed by atoms with Crippen LogP contribution in [0.3, 0.4) is 0 Å². The molecule has 0 N–H and O–H groups in total. The molecule has 1 saturated heterocycles. The van der Waals surface area contributed by atoms with Crippen LogP contribution in [0.2, 0.25) is 0 Å². The summed E-state index contributed by atoms with van der Waals surface area (Å²) in [6, 6.07) is 4.84. The van der Waals surface area contributed by atoms with E-state index in [9.17, 15) is 4.39 Å². The van der Waals surface area contributed by atoms with E-state index >= 15 is 0 Å². The molecule has 1 aliphatic rings. The van der Waals surface area contributed by atoms with Crippen LogP contribution in [0.5, 0.6) is 0 Å². The summed E-state index contributed by atoms with van der Waals surface area (Å²) in [5, 5.41) is 4.39. The highest BCUT2D eigenvalue weighted by Gasteiger charge is 2.33. The zero-order valence-electron chi connectivity index (χ0n) is 16.8. The normalized spacial score (nSPS) is 21.0. The number of rotatable bonds is 6. The number of fused-ring (bicyclic) bond motifs is 1. The molecule has 0 saturated carbocycles. The number of aromatic nitrogens is 3. The zero-order chi connectivity index (χ0) is 19.7. The summed E-state index contributed by atoms with van der Waals surface area (Å²) in [7, 11) is 4.07. The van der Waals surface area contributed by atoms with E-state index in [4.69, 9.17) is 4.42 Å². The van der Waals surface area contributed by atoms with Gasteiger partial charge >= 0.3 is 0 Å². The number of halogens is 1. The first-order chi connectivity index (χ1) is 13.5. The Bertz CT molecular complexity index is 936. The van der Waals surface area contributed by atoms with Crippen LogP contribution in [0.4, 0.5) is 4.39 Å². The van der Waals surface area contributed by atoms with Gasteiger partial charge in [-0.15, -0.1) is 0 Å². The lowest BCUT2D eigenvalue weighted by Crippen LogP contribution is -2.42. The van der Waals surface area contributed by atoms with E-state index in [2.05, 4.69) is 40.1 Å². The molecule has 2 atom stereocenters. The Morgan fingerprint density at radius 3 is 2.96 bits per heavy atom. The summed E-state index contributed by atoms with van der Waals surface area (Å²) in [4.78, 5) is 9.26. The molecule has 0 spiro atoms. The van der Waals surface area contributed by atoms with Gasteiger partial charge in [0.25, 0.3) is 0 Å². The minimum absolute atomic E-state index is 0.290. The van der Waals surface area contributed by atoms with Crippen LogP contribution in [0, 0.1) is 11.7 Å². The molecular weight excluding hydrogens is 357 g/mol. The lowest BCUT2D eigenvalue weighted by Gasteiger charge is -2.41. The summed E-state index contributed by atoms with van der Waals surface area (Å²) < 4.78 is 21.1. The predicted octanol–water partition coefficient (Wildman–Crippen LogP) is 3.61. The maximum absolute atomic E-state index is 13.4. The lowest BCUT2D eigenvalue weighted by atomic mass is 9.85. The summed E-state index contributed by atoms with van der Waals surface area (Å²) in [6.07, 6.45) is 6.55. The molecule has 0 bridgehead atoms. The topological polar surface area (TPSA) is 50.3 Å². The van der Waals surface area contributed by atoms with Gasteiger partial charge < -0.3 is 4.42 Å². The molecule has 150 valence electrons. The van der Waals surface area contributed by atoms with Crippen molar-refractivity contribution in [3.8, 4) is 0 Å². The molecule has 28 heavy (non-hydrogen) atoms. The highest BCUT2D eigenvalue weighted by Crippen LogP contribution is 2.36. The first-order valence-corrected chi connectivity index (χ1v) is 9.99. The molecule has 0 aliphatic carbocycles. The highest BCUT2D eigenvalue weighted by molar-refractivity contribution is 5.72. The SMILES string of the molecule is CCN1CCC[C@@H](CN(C)Cc2nc3cc(F)ccc3o2)[C@@H]1c1cnn(C)c1. The second-order valence-electron chi connectivity index (χ2n) is 7.84. The van der Waals surface area contributed by atoms with E-state index in [1.165, 1.54) is 30.5 Å². The third kappa shape index (κ3) is 3.95. The standard InChI is InChI=1S/C21H28FN5O/c1-4-27-9-5-6-15(21(27)16-11-23-26(3)13-16)12-25(2)14-20-24-18-10-17(22)7-8-19(18)28-20/h7-8,10-11,13,15,21H,4-6,9,12,14H2,1-3H3/t15-,21+/m0/s1. The van der Waals surface area contributed by atoms with Crippen molar-refractivity contribution >= 4 is 11.1 Å². The summed E-state index contributed by atoms with van der Waals surface area (Å²) in [5.41, 5.74) is 2.50. The highest BCUT2D eigenvalue weighted by atomic mass is 19.1. The number of likely N-dealkylation sites (tertiary alicyclic amines) is 1. The van der Waals surface area contributed by atoms with Gasteiger partial charge in [-0.3, -0.25) is 14.5 Å². The number of nitrogens with zero attached hydrogens (tertiary/aromatic N) is 5. The Hall–Kier alpha value is -2.25. The molecule has 2 aromatic heterocycles. The number of piperidine rings is 1. The van der Waals surface area contributed by atoms with Gasteiger partial charge in [-0.2, -0.15) is 5.10 Å². The van der Waals surface area contributed by atoms with Crippen LogP contribution in [-0.2, 0) is 13.6 Å². The molecule has 7 heteroatoms. The molecule has 0 amide bonds. The molecular formula is C21H28FN5O. The van der Waals surface area contributed by atoms with Gasteiger partial charge in [0.2, 0.25) is 5.89 Å². The second kappa shape index (κ2) is 8.01. The van der Waals surface area contributed by atoms with Gasteiger partial charge in [-0.05, 0) is 51.0 Å². The van der Waals surface area contributed by atoms with E-state index in [1.54, 1.807) is 6.07 Å². The molecule has 3 aromatic rings. The molecule has 1 aliphatic heterocycles. The Labute approximate surface area is 164 Å². The molecule has 0 unspecified atom stereocenters. The Morgan fingerprint density at radius 1 is 1.36 bits per heavy atom. The quantitative estimate of drug-likeness (QED) is 0.649. The van der Waals surface area contributed by atoms with Crippen LogP contribution >= 0.6 is 0 Å². The van der Waals surface area contributed by atoms with Gasteiger partial charge in [0.05, 0.1) is 12.7 Å². The van der Waals surface area contributed by atoms with Gasteiger partial charge in [-0.25, -0.2) is 9.37 Å². The van der Waals surface area contributed by atoms with Crippen LogP contribution in [-0.4, -0.2) is 51.2 Å². The van der Waals surface area contributed by atoms with Crippen molar-refractivity contribution in [1.82, 2.24) is 24.6 Å². The van der Waals surface area contributed by atoms with Gasteiger partial charge in [-0.1, -0.05) is 6.92 Å². The first kappa shape index (κ1) is 19.1. The molecule has 1 fully saturated rings. The Balaban J connectivity index is 1.48. The minimum Gasteiger partial charge on any atom is -0.439 e. The van der Waals surface area contributed by atoms with Crippen LogP contribution in [0.15, 0.2) is 35.0 Å². The van der Waals surface area contributed by atoms with Crippen molar-refractivity contribution < 1.29 is 8.81 Å². The number of benzene rings is 1. The smallest absolute Gasteiger partial charge is 0.209 e. The monoisotopic (exact) mass is 385 g/mol. The largest absolute Gasteiger partial charge is 0.439 e. The van der Waals surface area contributed by atoms with E-state index in [0.29, 0.717) is 35.5 Å². The van der Waals surface area contributed by atoms with Crippen molar-refractivity contribution in [3.05, 3.63) is 47.9 Å². The van der Waals surface area contributed by atoms with Crippen molar-refractivity contribution in [2.24, 2.45) is 13.0 Å². The Morgan fingerprint density at radius 2 is 2.21 bits per heavy atom. The van der Waals surface area contributed by atoms with Crippen molar-refractivity contribution in [1.29, 1.82) is 0 Å². The molecule has 4 rings (SSSR count). The van der Waals surface area contributed by atoms with Crippen molar-refractivity contribution in [2.75, 3.05) is 26.7 Å². The fraction of sp³-hybridized carbons (Fsp3) is 0.524. The third-order valence-electron chi connectivity index (χ3n) is 5.68. The summed E-state index contributed by atoms with van der Waals surface area (Å²) in [5.74, 6) is 0.857. The minimum atomic E-state index is -0.290. The van der Waals surface area contributed by atoms with Crippen molar-refractivity contribution in [2.45, 2.75) is 32.4 Å². The molecule has 6 nitrogen and oxygen atoms in total. The van der Waals surface area contributed by atoms with Crippen molar-refractivity contribution in [3.63, 3.8) is 0 Å². The van der Waals surface area contributed by atoms with Crippen LogP contribution < -0.4 is 0 Å². The first-order valence-electron chi connectivity index (χ1n) is 9.99. The number of hydrogen-bond acceptors (Lipinski definition) is 5. The Kier molecular flexibility index (Phi) is 5.46.